The maximum absolute atomic E-state index is 12.2. The summed E-state index contributed by atoms with van der Waals surface area (Å²) in [4.78, 5) is 14.4. The fraction of sp³-hybridized carbons (Fsp3) is 0.444. The van der Waals surface area contributed by atoms with Crippen molar-refractivity contribution in [1.29, 1.82) is 0 Å². The second-order valence-corrected chi connectivity index (χ2v) is 6.50. The monoisotopic (exact) mass is 310 g/mol. The number of fused-ring (bicyclic) bond motifs is 1. The molecule has 1 N–H and O–H groups in total. The summed E-state index contributed by atoms with van der Waals surface area (Å²) in [6.45, 7) is 4.36. The molecule has 2 heterocycles. The standard InChI is InChI=1S/C18H22N4O/c1-13-14(12-22(20-13)15-5-4-6-15)11-21-10-9-19-18(23)16-7-2-3-8-17(16)21/h2-3,7-8,12,15H,4-6,9-11H2,1H3,(H,19,23). The summed E-state index contributed by atoms with van der Waals surface area (Å²) < 4.78 is 2.14. The lowest BCUT2D eigenvalue weighted by Gasteiger charge is -2.26. The van der Waals surface area contributed by atoms with Gasteiger partial charge >= 0.3 is 0 Å². The van der Waals surface area contributed by atoms with E-state index in [0.717, 1.165) is 30.0 Å². The van der Waals surface area contributed by atoms with E-state index in [9.17, 15) is 4.79 Å². The zero-order valence-electron chi connectivity index (χ0n) is 13.5. The van der Waals surface area contributed by atoms with E-state index in [0.29, 0.717) is 12.6 Å². The molecule has 2 aromatic rings. The molecule has 2 aliphatic rings. The number of benzene rings is 1. The lowest BCUT2D eigenvalue weighted by atomic mass is 9.93. The van der Waals surface area contributed by atoms with Crippen molar-refractivity contribution in [3.63, 3.8) is 0 Å². The Morgan fingerprint density at radius 1 is 1.30 bits per heavy atom. The van der Waals surface area contributed by atoms with Gasteiger partial charge in [-0.15, -0.1) is 0 Å². The van der Waals surface area contributed by atoms with Gasteiger partial charge in [0.1, 0.15) is 0 Å². The van der Waals surface area contributed by atoms with Gasteiger partial charge in [0.05, 0.1) is 17.3 Å². The van der Waals surface area contributed by atoms with Gasteiger partial charge in [0, 0.05) is 37.1 Å². The molecule has 1 amide bonds. The molecule has 4 rings (SSSR count). The van der Waals surface area contributed by atoms with Crippen molar-refractivity contribution in [1.82, 2.24) is 15.1 Å². The summed E-state index contributed by atoms with van der Waals surface area (Å²) >= 11 is 0. The van der Waals surface area contributed by atoms with Crippen LogP contribution in [0, 0.1) is 6.92 Å². The zero-order chi connectivity index (χ0) is 15.8. The molecule has 1 aliphatic carbocycles. The Bertz CT molecular complexity index is 732. The minimum atomic E-state index is 0.0185. The van der Waals surface area contributed by atoms with Crippen LogP contribution in [0.15, 0.2) is 30.5 Å². The Morgan fingerprint density at radius 3 is 2.91 bits per heavy atom. The molecule has 1 fully saturated rings. The van der Waals surface area contributed by atoms with Gasteiger partial charge in [0.2, 0.25) is 0 Å². The normalized spacial score (nSPS) is 18.1. The van der Waals surface area contributed by atoms with E-state index >= 15 is 0 Å². The third-order valence-corrected chi connectivity index (χ3v) is 4.98. The Morgan fingerprint density at radius 2 is 2.13 bits per heavy atom. The van der Waals surface area contributed by atoms with E-state index in [1.165, 1.54) is 24.8 Å². The summed E-state index contributed by atoms with van der Waals surface area (Å²) in [5.74, 6) is 0.0185. The fourth-order valence-corrected chi connectivity index (χ4v) is 3.34. The smallest absolute Gasteiger partial charge is 0.253 e. The number of aromatic nitrogens is 2. The van der Waals surface area contributed by atoms with E-state index in [1.54, 1.807) is 0 Å². The van der Waals surface area contributed by atoms with Gasteiger partial charge in [-0.2, -0.15) is 5.10 Å². The number of amides is 1. The second-order valence-electron chi connectivity index (χ2n) is 6.50. The molecule has 0 atom stereocenters. The highest BCUT2D eigenvalue weighted by molar-refractivity contribution is 6.00. The third kappa shape index (κ3) is 2.60. The molecule has 1 aromatic carbocycles. The Kier molecular flexibility index (Phi) is 3.56. The van der Waals surface area contributed by atoms with E-state index < -0.39 is 0 Å². The van der Waals surface area contributed by atoms with Gasteiger partial charge in [-0.3, -0.25) is 9.48 Å². The van der Waals surface area contributed by atoms with Crippen molar-refractivity contribution in [2.24, 2.45) is 0 Å². The molecule has 0 bridgehead atoms. The van der Waals surface area contributed by atoms with Gasteiger partial charge in [-0.05, 0) is 38.3 Å². The lowest BCUT2D eigenvalue weighted by molar-refractivity contribution is 0.0958. The van der Waals surface area contributed by atoms with E-state index in [1.807, 2.05) is 24.3 Å². The number of anilines is 1. The molecule has 0 spiro atoms. The quantitative estimate of drug-likeness (QED) is 0.948. The number of hydrogen-bond acceptors (Lipinski definition) is 3. The average Bonchev–Trinajstić information content (AvgIpc) is 2.76. The van der Waals surface area contributed by atoms with Crippen molar-refractivity contribution in [2.45, 2.75) is 38.8 Å². The van der Waals surface area contributed by atoms with Crippen LogP contribution >= 0.6 is 0 Å². The highest BCUT2D eigenvalue weighted by Gasteiger charge is 2.24. The molecule has 1 saturated carbocycles. The number of aryl methyl sites for hydroxylation is 1. The van der Waals surface area contributed by atoms with E-state index in [2.05, 4.69) is 28.0 Å². The Hall–Kier alpha value is -2.30. The van der Waals surface area contributed by atoms with Gasteiger partial charge in [0.15, 0.2) is 0 Å². The van der Waals surface area contributed by atoms with Crippen LogP contribution in [0.4, 0.5) is 5.69 Å². The lowest BCUT2D eigenvalue weighted by Crippen LogP contribution is -2.29. The van der Waals surface area contributed by atoms with Crippen LogP contribution in [0.2, 0.25) is 0 Å². The maximum atomic E-state index is 12.2. The molecular formula is C18H22N4O. The summed E-state index contributed by atoms with van der Waals surface area (Å²) in [7, 11) is 0. The van der Waals surface area contributed by atoms with Crippen LogP contribution in [-0.4, -0.2) is 28.8 Å². The van der Waals surface area contributed by atoms with Crippen molar-refractivity contribution in [2.75, 3.05) is 18.0 Å². The first kappa shape index (κ1) is 14.3. The number of carbonyl (C=O) groups is 1. The number of hydrogen-bond donors (Lipinski definition) is 1. The predicted molar refractivity (Wildman–Crippen MR) is 89.7 cm³/mol. The molecule has 5 heteroatoms. The minimum Gasteiger partial charge on any atom is -0.365 e. The SMILES string of the molecule is Cc1nn(C2CCC2)cc1CN1CCNC(=O)c2ccccc21. The molecular weight excluding hydrogens is 288 g/mol. The molecule has 0 saturated heterocycles. The summed E-state index contributed by atoms with van der Waals surface area (Å²) in [6.07, 6.45) is 5.99. The molecule has 5 nitrogen and oxygen atoms in total. The molecule has 1 aliphatic heterocycles. The Balaban J connectivity index is 1.62. The first-order valence-electron chi connectivity index (χ1n) is 8.39. The summed E-state index contributed by atoms with van der Waals surface area (Å²) in [6, 6.07) is 8.43. The van der Waals surface area contributed by atoms with Crippen molar-refractivity contribution < 1.29 is 4.79 Å². The van der Waals surface area contributed by atoms with Crippen molar-refractivity contribution >= 4 is 11.6 Å². The molecule has 120 valence electrons. The molecule has 0 unspecified atom stereocenters. The van der Waals surface area contributed by atoms with Crippen molar-refractivity contribution in [3.8, 4) is 0 Å². The second kappa shape index (κ2) is 5.72. The van der Waals surface area contributed by atoms with Gasteiger partial charge in [-0.1, -0.05) is 12.1 Å². The molecule has 1 aromatic heterocycles. The van der Waals surface area contributed by atoms with E-state index in [4.69, 9.17) is 5.10 Å². The number of rotatable bonds is 3. The minimum absolute atomic E-state index is 0.0185. The molecule has 23 heavy (non-hydrogen) atoms. The Labute approximate surface area is 136 Å². The van der Waals surface area contributed by atoms with Gasteiger partial charge < -0.3 is 10.2 Å². The highest BCUT2D eigenvalue weighted by Crippen LogP contribution is 2.32. The maximum Gasteiger partial charge on any atom is 0.253 e. The number of nitrogens with one attached hydrogen (secondary N) is 1. The third-order valence-electron chi connectivity index (χ3n) is 4.98. The fourth-order valence-electron chi connectivity index (χ4n) is 3.34. The van der Waals surface area contributed by atoms with Crippen molar-refractivity contribution in [3.05, 3.63) is 47.3 Å². The topological polar surface area (TPSA) is 50.2 Å². The largest absolute Gasteiger partial charge is 0.365 e. The predicted octanol–water partition coefficient (Wildman–Crippen LogP) is 2.67. The zero-order valence-corrected chi connectivity index (χ0v) is 13.5. The van der Waals surface area contributed by atoms with Crippen LogP contribution in [0.5, 0.6) is 0 Å². The summed E-state index contributed by atoms with van der Waals surface area (Å²) in [5, 5.41) is 7.67. The first-order chi connectivity index (χ1) is 11.2. The molecule has 0 radical (unpaired) electrons. The average molecular weight is 310 g/mol. The number of nitrogens with zero attached hydrogens (tertiary/aromatic N) is 3. The van der Waals surface area contributed by atoms with Crippen LogP contribution in [0.25, 0.3) is 0 Å². The van der Waals surface area contributed by atoms with Crippen LogP contribution < -0.4 is 10.2 Å². The van der Waals surface area contributed by atoms with Gasteiger partial charge in [0.25, 0.3) is 5.91 Å². The number of carbonyl (C=O) groups excluding carboxylic acids is 1. The van der Waals surface area contributed by atoms with E-state index in [-0.39, 0.29) is 5.91 Å². The summed E-state index contributed by atoms with van der Waals surface area (Å²) in [5.41, 5.74) is 4.12. The highest BCUT2D eigenvalue weighted by atomic mass is 16.1. The van der Waals surface area contributed by atoms with Crippen LogP contribution in [-0.2, 0) is 6.54 Å². The first-order valence-corrected chi connectivity index (χ1v) is 8.39. The van der Waals surface area contributed by atoms with Crippen LogP contribution in [0.3, 0.4) is 0 Å². The van der Waals surface area contributed by atoms with Gasteiger partial charge in [-0.25, -0.2) is 0 Å². The number of para-hydroxylation sites is 1. The van der Waals surface area contributed by atoms with Crippen LogP contribution in [0.1, 0.15) is 46.9 Å².